The smallest absolute Gasteiger partial charge is 0.327 e. The van der Waals surface area contributed by atoms with Crippen molar-refractivity contribution in [1.82, 2.24) is 24.1 Å². The van der Waals surface area contributed by atoms with Gasteiger partial charge in [-0.1, -0.05) is 0 Å². The third-order valence-corrected chi connectivity index (χ3v) is 7.15. The molecule has 0 aliphatic heterocycles. The van der Waals surface area contributed by atoms with E-state index in [9.17, 15) is 17.6 Å². The summed E-state index contributed by atoms with van der Waals surface area (Å²) >= 11 is 1.33. The molecule has 0 saturated heterocycles. The van der Waals surface area contributed by atoms with Crippen molar-refractivity contribution in [3.63, 3.8) is 0 Å². The number of pyridine rings is 1. The first-order valence-electron chi connectivity index (χ1n) is 9.72. The molecule has 0 saturated carbocycles. The highest BCUT2D eigenvalue weighted by molar-refractivity contribution is 7.89. The molecule has 3 N–H and O–H groups in total. The quantitative estimate of drug-likeness (QED) is 0.474. The van der Waals surface area contributed by atoms with E-state index < -0.39 is 21.3 Å². The van der Waals surface area contributed by atoms with Crippen LogP contribution in [0, 0.1) is 0 Å². The second kappa shape index (κ2) is 10.7. The lowest BCUT2D eigenvalue weighted by Crippen LogP contribution is -2.40. The Hall–Kier alpha value is -2.38. The van der Waals surface area contributed by atoms with Gasteiger partial charge < -0.3 is 5.73 Å². The van der Waals surface area contributed by atoms with E-state index in [1.807, 2.05) is 0 Å². The Morgan fingerprint density at radius 1 is 1.30 bits per heavy atom. The molecule has 3 heterocycles. The SMILES string of the molecule is CC(C)(C)NS(=O)(=O)c1cccnc1-c1ccc(Cn2cnn(C/C(=C/F)CN)c2=O)s1.Cl. The van der Waals surface area contributed by atoms with Crippen molar-refractivity contribution < 1.29 is 12.8 Å². The standard InChI is InChI=1S/C20H25FN6O3S2.ClH/c1-20(2,3)25-32(29,30)17-5-4-8-23-18(17)16-7-6-15(31-16)12-26-13-24-27(19(26)28)11-14(9-21)10-22;/h4-9,13,25H,10-12,22H2,1-3H3;1H/b14-9+;. The molecule has 0 fully saturated rings. The number of sulfonamides is 1. The summed E-state index contributed by atoms with van der Waals surface area (Å²) in [6, 6.07) is 6.66. The molecular weight excluding hydrogens is 491 g/mol. The van der Waals surface area contributed by atoms with Crippen molar-refractivity contribution in [2.24, 2.45) is 5.73 Å². The van der Waals surface area contributed by atoms with E-state index in [2.05, 4.69) is 14.8 Å². The van der Waals surface area contributed by atoms with Gasteiger partial charge in [-0.05, 0) is 50.6 Å². The number of nitrogens with two attached hydrogens (primary N) is 1. The van der Waals surface area contributed by atoms with Crippen molar-refractivity contribution in [2.45, 2.75) is 44.3 Å². The second-order valence-corrected chi connectivity index (χ2v) is 11.0. The molecular formula is C20H26ClFN6O3S2. The molecule has 0 aliphatic carbocycles. The molecule has 0 bridgehead atoms. The number of hydrogen-bond acceptors (Lipinski definition) is 7. The predicted octanol–water partition coefficient (Wildman–Crippen LogP) is 2.53. The van der Waals surface area contributed by atoms with Gasteiger partial charge in [0.05, 0.1) is 24.3 Å². The van der Waals surface area contributed by atoms with Crippen molar-refractivity contribution in [3.05, 3.63) is 64.1 Å². The lowest BCUT2D eigenvalue weighted by Gasteiger charge is -2.21. The van der Waals surface area contributed by atoms with Crippen molar-refractivity contribution in [2.75, 3.05) is 6.54 Å². The predicted molar refractivity (Wildman–Crippen MR) is 129 cm³/mol. The number of rotatable bonds is 8. The van der Waals surface area contributed by atoms with E-state index in [1.165, 1.54) is 34.5 Å². The second-order valence-electron chi connectivity index (χ2n) is 8.14. The van der Waals surface area contributed by atoms with E-state index in [-0.39, 0.29) is 42.5 Å². The summed E-state index contributed by atoms with van der Waals surface area (Å²) in [6.07, 6.45) is 3.29. The summed E-state index contributed by atoms with van der Waals surface area (Å²) in [6.45, 7) is 5.49. The number of halogens is 2. The monoisotopic (exact) mass is 516 g/mol. The van der Waals surface area contributed by atoms with E-state index >= 15 is 0 Å². The van der Waals surface area contributed by atoms with Gasteiger partial charge >= 0.3 is 5.69 Å². The van der Waals surface area contributed by atoms with Crippen LogP contribution in [0.3, 0.4) is 0 Å². The topological polar surface area (TPSA) is 125 Å². The average Bonchev–Trinajstić information content (AvgIpc) is 3.32. The van der Waals surface area contributed by atoms with E-state index in [0.29, 0.717) is 16.9 Å². The maximum Gasteiger partial charge on any atom is 0.346 e. The molecule has 0 atom stereocenters. The normalized spacial score (nSPS) is 12.6. The summed E-state index contributed by atoms with van der Waals surface area (Å²) in [7, 11) is -3.79. The molecule has 3 aromatic heterocycles. The molecule has 33 heavy (non-hydrogen) atoms. The van der Waals surface area contributed by atoms with E-state index in [1.54, 1.807) is 39.0 Å². The summed E-state index contributed by atoms with van der Waals surface area (Å²) in [5.41, 5.74) is 4.98. The first kappa shape index (κ1) is 26.9. The Morgan fingerprint density at radius 3 is 2.67 bits per heavy atom. The number of nitrogens with zero attached hydrogens (tertiary/aromatic N) is 4. The number of thiophene rings is 1. The van der Waals surface area contributed by atoms with Crippen LogP contribution < -0.4 is 16.1 Å². The fourth-order valence-corrected chi connectivity index (χ4v) is 5.61. The van der Waals surface area contributed by atoms with Gasteiger partial charge in [0.25, 0.3) is 0 Å². The Kier molecular flexibility index (Phi) is 8.71. The molecule has 0 spiro atoms. The highest BCUT2D eigenvalue weighted by atomic mass is 35.5. The van der Waals surface area contributed by atoms with Crippen LogP contribution in [0.5, 0.6) is 0 Å². The van der Waals surface area contributed by atoms with Crippen LogP contribution in [-0.4, -0.2) is 39.8 Å². The molecule has 0 unspecified atom stereocenters. The number of hydrogen-bond donors (Lipinski definition) is 2. The fraction of sp³-hybridized carbons (Fsp3) is 0.350. The number of aromatic nitrogens is 4. The summed E-state index contributed by atoms with van der Waals surface area (Å²) < 4.78 is 43.7. The van der Waals surface area contributed by atoms with Gasteiger partial charge in [0.1, 0.15) is 16.9 Å². The summed E-state index contributed by atoms with van der Waals surface area (Å²) in [5.74, 6) is 0. The summed E-state index contributed by atoms with van der Waals surface area (Å²) in [5, 5.41) is 4.00. The van der Waals surface area contributed by atoms with Crippen LogP contribution >= 0.6 is 23.7 Å². The molecule has 0 radical (unpaired) electrons. The fourth-order valence-electron chi connectivity index (χ4n) is 2.93. The Balaban J connectivity index is 0.00000385. The molecule has 180 valence electrons. The van der Waals surface area contributed by atoms with Gasteiger partial charge in [0.2, 0.25) is 10.0 Å². The van der Waals surface area contributed by atoms with E-state index in [4.69, 9.17) is 5.73 Å². The molecule has 0 aliphatic rings. The largest absolute Gasteiger partial charge is 0.346 e. The van der Waals surface area contributed by atoms with Crippen molar-refractivity contribution in [3.8, 4) is 10.6 Å². The first-order chi connectivity index (χ1) is 15.0. The highest BCUT2D eigenvalue weighted by Crippen LogP contribution is 2.32. The first-order valence-corrected chi connectivity index (χ1v) is 12.0. The number of nitrogens with one attached hydrogen (secondary N) is 1. The zero-order chi connectivity index (χ0) is 23.5. The Morgan fingerprint density at radius 2 is 2.03 bits per heavy atom. The lowest BCUT2D eigenvalue weighted by atomic mass is 10.1. The lowest BCUT2D eigenvalue weighted by molar-refractivity contribution is 0.491. The van der Waals surface area contributed by atoms with E-state index in [0.717, 1.165) is 9.56 Å². The van der Waals surface area contributed by atoms with Crippen LogP contribution in [0.15, 0.2) is 58.4 Å². The Labute approximate surface area is 201 Å². The molecule has 3 rings (SSSR count). The van der Waals surface area contributed by atoms with Crippen LogP contribution in [0.4, 0.5) is 4.39 Å². The Bertz CT molecular complexity index is 1290. The maximum atomic E-state index is 12.9. The van der Waals surface area contributed by atoms with Crippen LogP contribution in [0.1, 0.15) is 25.6 Å². The zero-order valence-electron chi connectivity index (χ0n) is 18.4. The molecule has 9 nitrogen and oxygen atoms in total. The van der Waals surface area contributed by atoms with Crippen molar-refractivity contribution in [1.29, 1.82) is 0 Å². The molecule has 0 amide bonds. The minimum atomic E-state index is -3.79. The van der Waals surface area contributed by atoms with Gasteiger partial charge in [0, 0.05) is 23.2 Å². The van der Waals surface area contributed by atoms with Gasteiger partial charge in [0.15, 0.2) is 0 Å². The van der Waals surface area contributed by atoms with Crippen molar-refractivity contribution >= 4 is 33.8 Å². The third-order valence-electron chi connectivity index (χ3n) is 4.29. The van der Waals surface area contributed by atoms with Gasteiger partial charge in [-0.3, -0.25) is 9.55 Å². The van der Waals surface area contributed by atoms with Gasteiger partial charge in [-0.25, -0.2) is 27.0 Å². The third kappa shape index (κ3) is 6.58. The average molecular weight is 517 g/mol. The molecule has 0 aromatic carbocycles. The zero-order valence-corrected chi connectivity index (χ0v) is 20.8. The summed E-state index contributed by atoms with van der Waals surface area (Å²) in [4.78, 5) is 18.3. The van der Waals surface area contributed by atoms with Crippen LogP contribution in [0.25, 0.3) is 10.6 Å². The van der Waals surface area contributed by atoms with Gasteiger partial charge in [-0.2, -0.15) is 5.10 Å². The maximum absolute atomic E-state index is 12.9. The molecule has 13 heteroatoms. The highest BCUT2D eigenvalue weighted by Gasteiger charge is 2.26. The molecule has 3 aromatic rings. The van der Waals surface area contributed by atoms with Crippen LogP contribution in [0.2, 0.25) is 0 Å². The minimum Gasteiger partial charge on any atom is -0.327 e. The van der Waals surface area contributed by atoms with Gasteiger partial charge in [-0.15, -0.1) is 23.7 Å². The minimum absolute atomic E-state index is 0. The van der Waals surface area contributed by atoms with Crippen LogP contribution in [-0.2, 0) is 23.1 Å².